The van der Waals surface area contributed by atoms with Gasteiger partial charge >= 0.3 is 0 Å². The second-order valence-corrected chi connectivity index (χ2v) is 3.41. The molecule has 1 aliphatic heterocycles. The zero-order valence-electron chi connectivity index (χ0n) is 8.09. The lowest BCUT2D eigenvalue weighted by molar-refractivity contribution is 0.547. The molecule has 1 atom stereocenters. The minimum Gasteiger partial charge on any atom is -0.384 e. The largest absolute Gasteiger partial charge is 0.384 e. The Morgan fingerprint density at radius 1 is 1.58 bits per heavy atom. The standard InChI is InChI=1S/C10H18N2/c1-4-9-10(12-8(2)3)6-5-7-11-9/h5-9,11-12H,4H2,1-3H3. The molecule has 0 amide bonds. The van der Waals surface area contributed by atoms with Gasteiger partial charge in [0.05, 0.1) is 6.04 Å². The van der Waals surface area contributed by atoms with Gasteiger partial charge in [0.15, 0.2) is 0 Å². The number of dihydropyridines is 1. The number of nitrogens with one attached hydrogen (secondary N) is 2. The molecular weight excluding hydrogens is 148 g/mol. The molecule has 0 aromatic carbocycles. The molecule has 0 bridgehead atoms. The third-order valence-electron chi connectivity index (χ3n) is 1.91. The van der Waals surface area contributed by atoms with Crippen molar-refractivity contribution in [2.75, 3.05) is 0 Å². The summed E-state index contributed by atoms with van der Waals surface area (Å²) < 4.78 is 0. The van der Waals surface area contributed by atoms with Crippen molar-refractivity contribution in [2.24, 2.45) is 0 Å². The summed E-state index contributed by atoms with van der Waals surface area (Å²) in [5.74, 6) is 0. The summed E-state index contributed by atoms with van der Waals surface area (Å²) in [5.41, 5.74) is 1.30. The lowest BCUT2D eigenvalue weighted by atomic mass is 10.1. The molecule has 0 fully saturated rings. The van der Waals surface area contributed by atoms with Crippen molar-refractivity contribution in [2.45, 2.75) is 39.3 Å². The topological polar surface area (TPSA) is 24.1 Å². The molecule has 2 heteroatoms. The molecule has 0 saturated heterocycles. The van der Waals surface area contributed by atoms with Crippen LogP contribution in [0.5, 0.6) is 0 Å². The van der Waals surface area contributed by atoms with Gasteiger partial charge in [-0.15, -0.1) is 0 Å². The molecule has 1 aliphatic rings. The first-order chi connectivity index (χ1) is 5.74. The summed E-state index contributed by atoms with van der Waals surface area (Å²) in [6, 6.07) is 0.982. The van der Waals surface area contributed by atoms with Crippen LogP contribution in [0.25, 0.3) is 0 Å². The van der Waals surface area contributed by atoms with E-state index in [2.05, 4.69) is 37.5 Å². The van der Waals surface area contributed by atoms with Gasteiger partial charge in [0.25, 0.3) is 0 Å². The summed E-state index contributed by atoms with van der Waals surface area (Å²) >= 11 is 0. The molecule has 0 saturated carbocycles. The Morgan fingerprint density at radius 2 is 2.33 bits per heavy atom. The first kappa shape index (κ1) is 9.17. The van der Waals surface area contributed by atoms with Gasteiger partial charge in [-0.1, -0.05) is 6.92 Å². The predicted molar refractivity (Wildman–Crippen MR) is 52.7 cm³/mol. The smallest absolute Gasteiger partial charge is 0.0651 e. The second-order valence-electron chi connectivity index (χ2n) is 3.41. The molecule has 0 radical (unpaired) electrons. The second kappa shape index (κ2) is 4.19. The van der Waals surface area contributed by atoms with Crippen molar-refractivity contribution in [3.63, 3.8) is 0 Å². The van der Waals surface area contributed by atoms with E-state index in [1.807, 2.05) is 12.3 Å². The fraction of sp³-hybridized carbons (Fsp3) is 0.600. The van der Waals surface area contributed by atoms with Crippen molar-refractivity contribution in [3.8, 4) is 0 Å². The molecule has 0 aliphatic carbocycles. The Morgan fingerprint density at radius 3 is 2.92 bits per heavy atom. The molecule has 1 rings (SSSR count). The monoisotopic (exact) mass is 166 g/mol. The van der Waals surface area contributed by atoms with Crippen molar-refractivity contribution in [1.82, 2.24) is 10.6 Å². The van der Waals surface area contributed by atoms with Crippen LogP contribution in [0.1, 0.15) is 27.2 Å². The summed E-state index contributed by atoms with van der Waals surface area (Å²) in [5, 5.41) is 6.74. The molecule has 1 heterocycles. The molecule has 1 unspecified atom stereocenters. The van der Waals surface area contributed by atoms with E-state index in [1.54, 1.807) is 0 Å². The highest BCUT2D eigenvalue weighted by Gasteiger charge is 2.12. The zero-order chi connectivity index (χ0) is 8.97. The van der Waals surface area contributed by atoms with Crippen LogP contribution in [0.4, 0.5) is 0 Å². The number of hydrogen-bond acceptors (Lipinski definition) is 2. The average Bonchev–Trinajstić information content (AvgIpc) is 2.04. The van der Waals surface area contributed by atoms with Gasteiger partial charge in [0.2, 0.25) is 0 Å². The number of allylic oxidation sites excluding steroid dienone is 2. The predicted octanol–water partition coefficient (Wildman–Crippen LogP) is 1.76. The maximum Gasteiger partial charge on any atom is 0.0651 e. The van der Waals surface area contributed by atoms with Gasteiger partial charge in [-0.25, -0.2) is 0 Å². The van der Waals surface area contributed by atoms with E-state index in [1.165, 1.54) is 5.70 Å². The highest BCUT2D eigenvalue weighted by atomic mass is 15.0. The minimum absolute atomic E-state index is 0.470. The number of rotatable bonds is 3. The van der Waals surface area contributed by atoms with Gasteiger partial charge in [-0.05, 0) is 38.6 Å². The maximum absolute atomic E-state index is 3.43. The van der Waals surface area contributed by atoms with E-state index in [4.69, 9.17) is 0 Å². The SMILES string of the molecule is CCC1NC=CC=C1NC(C)C. The Labute approximate surface area is 74.7 Å². The lowest BCUT2D eigenvalue weighted by Crippen LogP contribution is -2.37. The molecule has 0 aromatic rings. The maximum atomic E-state index is 3.43. The van der Waals surface area contributed by atoms with Gasteiger partial charge in [-0.2, -0.15) is 0 Å². The summed E-state index contributed by atoms with van der Waals surface area (Å²) in [7, 11) is 0. The van der Waals surface area contributed by atoms with E-state index in [-0.39, 0.29) is 0 Å². The van der Waals surface area contributed by atoms with Crippen molar-refractivity contribution >= 4 is 0 Å². The van der Waals surface area contributed by atoms with Crippen LogP contribution >= 0.6 is 0 Å². The quantitative estimate of drug-likeness (QED) is 0.667. The van der Waals surface area contributed by atoms with Gasteiger partial charge in [-0.3, -0.25) is 0 Å². The van der Waals surface area contributed by atoms with E-state index in [0.717, 1.165) is 6.42 Å². The van der Waals surface area contributed by atoms with Crippen LogP contribution in [0.3, 0.4) is 0 Å². The number of hydrogen-bond donors (Lipinski definition) is 2. The van der Waals surface area contributed by atoms with Crippen LogP contribution in [0.15, 0.2) is 24.0 Å². The zero-order valence-corrected chi connectivity index (χ0v) is 8.09. The summed E-state index contributed by atoms with van der Waals surface area (Å²) in [4.78, 5) is 0. The lowest BCUT2D eigenvalue weighted by Gasteiger charge is -2.25. The first-order valence-electron chi connectivity index (χ1n) is 4.63. The molecule has 2 N–H and O–H groups in total. The van der Waals surface area contributed by atoms with E-state index in [9.17, 15) is 0 Å². The Hall–Kier alpha value is -0.920. The third-order valence-corrected chi connectivity index (χ3v) is 1.91. The molecule has 12 heavy (non-hydrogen) atoms. The molecule has 68 valence electrons. The van der Waals surface area contributed by atoms with Crippen molar-refractivity contribution < 1.29 is 0 Å². The Kier molecular flexibility index (Phi) is 3.20. The van der Waals surface area contributed by atoms with Gasteiger partial charge < -0.3 is 10.6 Å². The Bertz CT molecular complexity index is 192. The van der Waals surface area contributed by atoms with Crippen molar-refractivity contribution in [3.05, 3.63) is 24.0 Å². The van der Waals surface area contributed by atoms with Gasteiger partial charge in [0.1, 0.15) is 0 Å². The van der Waals surface area contributed by atoms with Crippen LogP contribution < -0.4 is 10.6 Å². The normalized spacial score (nSPS) is 22.0. The highest BCUT2D eigenvalue weighted by molar-refractivity contribution is 5.21. The van der Waals surface area contributed by atoms with Crippen LogP contribution in [-0.4, -0.2) is 12.1 Å². The molecule has 0 aromatic heterocycles. The van der Waals surface area contributed by atoms with Crippen LogP contribution in [-0.2, 0) is 0 Å². The average molecular weight is 166 g/mol. The fourth-order valence-electron chi connectivity index (χ4n) is 1.35. The highest BCUT2D eigenvalue weighted by Crippen LogP contribution is 2.08. The van der Waals surface area contributed by atoms with E-state index in [0.29, 0.717) is 12.1 Å². The Balaban J connectivity index is 2.57. The van der Waals surface area contributed by atoms with E-state index < -0.39 is 0 Å². The molecular formula is C10H18N2. The van der Waals surface area contributed by atoms with E-state index >= 15 is 0 Å². The minimum atomic E-state index is 0.470. The molecule has 0 spiro atoms. The van der Waals surface area contributed by atoms with Gasteiger partial charge in [0, 0.05) is 11.7 Å². The first-order valence-corrected chi connectivity index (χ1v) is 4.63. The summed E-state index contributed by atoms with van der Waals surface area (Å²) in [6.07, 6.45) is 7.30. The van der Waals surface area contributed by atoms with Crippen molar-refractivity contribution in [1.29, 1.82) is 0 Å². The third kappa shape index (κ3) is 2.29. The van der Waals surface area contributed by atoms with Crippen LogP contribution in [0.2, 0.25) is 0 Å². The summed E-state index contributed by atoms with van der Waals surface area (Å²) in [6.45, 7) is 6.50. The fourth-order valence-corrected chi connectivity index (χ4v) is 1.35. The van der Waals surface area contributed by atoms with Crippen LogP contribution in [0, 0.1) is 0 Å². The molecule has 2 nitrogen and oxygen atoms in total.